The summed E-state index contributed by atoms with van der Waals surface area (Å²) >= 11 is 0. The molecule has 3 aromatic carbocycles. The first-order chi connectivity index (χ1) is 25.0. The van der Waals surface area contributed by atoms with Gasteiger partial charge in [0.1, 0.15) is 6.17 Å². The second-order valence-corrected chi connectivity index (χ2v) is 12.0. The van der Waals surface area contributed by atoms with Gasteiger partial charge in [-0.05, 0) is 102 Å². The van der Waals surface area contributed by atoms with Gasteiger partial charge in [0.25, 0.3) is 0 Å². The van der Waals surface area contributed by atoms with Crippen molar-refractivity contribution in [3.63, 3.8) is 0 Å². The highest BCUT2D eigenvalue weighted by atomic mass is 15.2. The van der Waals surface area contributed by atoms with Crippen LogP contribution in [0.2, 0.25) is 0 Å². The standard InChI is InChI=1S/C22H27N.C21H21N3.2C2H6/c1-6-7-8-11-17(3)20-14-15-21(18(4)22(20)23-5)19-13-10-9-12-16(19)2;1-3-7-16(8-4-1)19-15-20(17-9-5-2-6-10-17)24-21(23-19)18-11-13-22-14-12-18;2*1-2/h6-13,23H,3,14-15H2,1-2,4-5H3;1-13,15,19,21-24H,14H2;2*1-2H3/b7-6-,11-8-;;;. The van der Waals surface area contributed by atoms with Gasteiger partial charge < -0.3 is 16.0 Å². The lowest BCUT2D eigenvalue weighted by Gasteiger charge is -2.34. The van der Waals surface area contributed by atoms with E-state index in [-0.39, 0.29) is 12.2 Å². The average Bonchev–Trinajstić information content (AvgIpc) is 3.21. The third kappa shape index (κ3) is 11.2. The number of hydrogen-bond donors (Lipinski definition) is 4. The molecule has 3 aliphatic rings. The lowest BCUT2D eigenvalue weighted by molar-refractivity contribution is 0.479. The van der Waals surface area contributed by atoms with Gasteiger partial charge in [0, 0.05) is 25.0 Å². The van der Waals surface area contributed by atoms with Gasteiger partial charge in [-0.3, -0.25) is 5.32 Å². The fourth-order valence-electron chi connectivity index (χ4n) is 6.38. The topological polar surface area (TPSA) is 48.1 Å². The summed E-state index contributed by atoms with van der Waals surface area (Å²) in [5, 5.41) is 14.0. The van der Waals surface area contributed by atoms with Crippen LogP contribution in [-0.4, -0.2) is 19.8 Å². The normalized spacial score (nSPS) is 18.1. The van der Waals surface area contributed by atoms with Gasteiger partial charge in [-0.1, -0.05) is 150 Å². The van der Waals surface area contributed by atoms with Crippen LogP contribution < -0.4 is 21.3 Å². The van der Waals surface area contributed by atoms with Crippen molar-refractivity contribution in [3.8, 4) is 0 Å². The maximum absolute atomic E-state index is 4.26. The Labute approximate surface area is 309 Å². The second-order valence-electron chi connectivity index (χ2n) is 12.0. The lowest BCUT2D eigenvalue weighted by Crippen LogP contribution is -2.47. The van der Waals surface area contributed by atoms with E-state index >= 15 is 0 Å². The molecule has 4 N–H and O–H groups in total. The van der Waals surface area contributed by atoms with E-state index in [1.807, 2.05) is 60.0 Å². The molecule has 0 spiro atoms. The zero-order valence-corrected chi connectivity index (χ0v) is 32.2. The third-order valence-corrected chi connectivity index (χ3v) is 8.87. The average molecular weight is 681 g/mol. The van der Waals surface area contributed by atoms with Crippen LogP contribution in [0.4, 0.5) is 0 Å². The van der Waals surface area contributed by atoms with E-state index in [9.17, 15) is 0 Å². The fraction of sp³-hybridized carbons (Fsp3) is 0.277. The molecule has 3 aromatic rings. The van der Waals surface area contributed by atoms with Gasteiger partial charge in [-0.15, -0.1) is 0 Å². The zero-order chi connectivity index (χ0) is 37.0. The summed E-state index contributed by atoms with van der Waals surface area (Å²) in [7, 11) is 2.00. The van der Waals surface area contributed by atoms with Crippen molar-refractivity contribution in [1.29, 1.82) is 0 Å². The van der Waals surface area contributed by atoms with Crippen LogP contribution in [0.25, 0.3) is 11.3 Å². The minimum absolute atomic E-state index is 0.0914. The predicted molar refractivity (Wildman–Crippen MR) is 224 cm³/mol. The molecule has 2 unspecified atom stereocenters. The zero-order valence-electron chi connectivity index (χ0n) is 32.2. The fourth-order valence-corrected chi connectivity index (χ4v) is 6.38. The number of allylic oxidation sites excluding steroid dienone is 8. The molecule has 2 aliphatic heterocycles. The molecule has 2 atom stereocenters. The summed E-state index contributed by atoms with van der Waals surface area (Å²) in [6.07, 6.45) is 19.0. The number of likely N-dealkylation sites (N-methyl/N-ethyl adjacent to an activating group) is 1. The Bertz CT molecular complexity index is 1750. The van der Waals surface area contributed by atoms with E-state index in [0.29, 0.717) is 0 Å². The van der Waals surface area contributed by atoms with Crippen LogP contribution in [-0.2, 0) is 0 Å². The van der Waals surface area contributed by atoms with Crippen molar-refractivity contribution in [1.82, 2.24) is 21.3 Å². The summed E-state index contributed by atoms with van der Waals surface area (Å²) in [4.78, 5) is 0. The minimum Gasteiger partial charge on any atom is -0.388 e. The van der Waals surface area contributed by atoms with E-state index in [1.54, 1.807) is 0 Å². The van der Waals surface area contributed by atoms with Crippen LogP contribution in [0.3, 0.4) is 0 Å². The Hall–Kier alpha value is -5.06. The number of dihydropyridines is 1. The molecule has 0 aromatic heterocycles. The van der Waals surface area contributed by atoms with Crippen molar-refractivity contribution in [2.45, 2.75) is 73.5 Å². The van der Waals surface area contributed by atoms with Gasteiger partial charge in [-0.25, -0.2) is 0 Å². The van der Waals surface area contributed by atoms with Gasteiger partial charge in [0.2, 0.25) is 0 Å². The van der Waals surface area contributed by atoms with E-state index in [4.69, 9.17) is 0 Å². The van der Waals surface area contributed by atoms with Crippen LogP contribution >= 0.6 is 0 Å². The Morgan fingerprint density at radius 2 is 1.51 bits per heavy atom. The molecule has 51 heavy (non-hydrogen) atoms. The van der Waals surface area contributed by atoms with Crippen LogP contribution in [0.15, 0.2) is 168 Å². The first kappa shape index (κ1) is 40.4. The Morgan fingerprint density at radius 1 is 0.843 bits per heavy atom. The van der Waals surface area contributed by atoms with E-state index < -0.39 is 0 Å². The van der Waals surface area contributed by atoms with E-state index in [1.165, 1.54) is 55.9 Å². The Kier molecular flexibility index (Phi) is 17.3. The number of aryl methyl sites for hydroxylation is 1. The number of rotatable bonds is 8. The Morgan fingerprint density at radius 3 is 2.14 bits per heavy atom. The summed E-state index contributed by atoms with van der Waals surface area (Å²) in [6.45, 7) is 19.6. The smallest absolute Gasteiger partial charge is 0.104 e. The molecule has 6 rings (SSSR count). The van der Waals surface area contributed by atoms with Gasteiger partial charge in [0.15, 0.2) is 0 Å². The summed E-state index contributed by atoms with van der Waals surface area (Å²) in [5.74, 6) is 0. The molecule has 4 nitrogen and oxygen atoms in total. The van der Waals surface area contributed by atoms with Crippen molar-refractivity contribution in [3.05, 3.63) is 190 Å². The predicted octanol–water partition coefficient (Wildman–Crippen LogP) is 11.1. The number of hydrogen-bond acceptors (Lipinski definition) is 4. The second kappa shape index (κ2) is 21.9. The molecule has 0 bridgehead atoms. The molecule has 1 aliphatic carbocycles. The first-order valence-corrected chi connectivity index (χ1v) is 18.6. The Balaban J connectivity index is 0.000000251. The van der Waals surface area contributed by atoms with E-state index in [0.717, 1.165) is 25.0 Å². The molecular weight excluding hydrogens is 621 g/mol. The molecular formula is C47H60N4. The molecule has 268 valence electrons. The molecule has 0 saturated carbocycles. The quantitative estimate of drug-likeness (QED) is 0.179. The van der Waals surface area contributed by atoms with Crippen LogP contribution in [0, 0.1) is 6.92 Å². The minimum atomic E-state index is 0.0914. The van der Waals surface area contributed by atoms with Crippen molar-refractivity contribution in [2.75, 3.05) is 13.6 Å². The summed E-state index contributed by atoms with van der Waals surface area (Å²) in [5.41, 5.74) is 14.0. The van der Waals surface area contributed by atoms with Crippen molar-refractivity contribution in [2.24, 2.45) is 0 Å². The van der Waals surface area contributed by atoms with Gasteiger partial charge in [-0.2, -0.15) is 0 Å². The highest BCUT2D eigenvalue weighted by molar-refractivity contribution is 5.77. The number of nitrogens with one attached hydrogen (secondary N) is 4. The van der Waals surface area contributed by atoms with Gasteiger partial charge >= 0.3 is 0 Å². The molecule has 0 amide bonds. The van der Waals surface area contributed by atoms with Crippen molar-refractivity contribution >= 4 is 11.3 Å². The lowest BCUT2D eigenvalue weighted by atomic mass is 9.82. The third-order valence-electron chi connectivity index (χ3n) is 8.87. The van der Waals surface area contributed by atoms with E-state index in [2.05, 4.69) is 157 Å². The summed E-state index contributed by atoms with van der Waals surface area (Å²) in [6, 6.07) is 29.9. The molecule has 4 heteroatoms. The van der Waals surface area contributed by atoms with Crippen molar-refractivity contribution < 1.29 is 0 Å². The molecule has 0 saturated heterocycles. The first-order valence-electron chi connectivity index (χ1n) is 18.6. The highest BCUT2D eigenvalue weighted by Gasteiger charge is 2.25. The maximum atomic E-state index is 4.26. The highest BCUT2D eigenvalue weighted by Crippen LogP contribution is 2.38. The largest absolute Gasteiger partial charge is 0.388 e. The molecule has 0 radical (unpaired) electrons. The maximum Gasteiger partial charge on any atom is 0.104 e. The van der Waals surface area contributed by atoms with Gasteiger partial charge in [0.05, 0.1) is 6.04 Å². The van der Waals surface area contributed by atoms with Crippen LogP contribution in [0.5, 0.6) is 0 Å². The molecule has 0 fully saturated rings. The molecule has 2 heterocycles. The van der Waals surface area contributed by atoms with Crippen LogP contribution in [0.1, 0.15) is 82.7 Å². The number of benzene rings is 3. The SMILES string of the molecule is C1=CC(C2NC(c3ccccc3)=CC(c3ccccc3)N2)=CCN1.C=C(/C=C\C=C/C)C1=C(NC)C(C)=C(c2ccccc2C)CC1.CC.CC. The monoisotopic (exact) mass is 680 g/mol. The summed E-state index contributed by atoms with van der Waals surface area (Å²) < 4.78 is 0.